The van der Waals surface area contributed by atoms with Crippen molar-refractivity contribution in [3.63, 3.8) is 0 Å². The van der Waals surface area contributed by atoms with Crippen molar-refractivity contribution >= 4 is 0 Å². The fourth-order valence-electron chi connectivity index (χ4n) is 0.635. The number of allylic oxidation sites excluding steroid dienone is 1. The standard InChI is InChI=1S/C8H16O3/c1-6(2)3-4-7(10)8(11)5-9/h3,7-11H,4-5H2,1-2H3. The predicted molar refractivity (Wildman–Crippen MR) is 43.1 cm³/mol. The molecule has 0 aromatic carbocycles. The lowest BCUT2D eigenvalue weighted by Crippen LogP contribution is -2.28. The second kappa shape index (κ2) is 5.29. The Hall–Kier alpha value is -0.380. The molecular weight excluding hydrogens is 144 g/mol. The van der Waals surface area contributed by atoms with E-state index in [1.807, 2.05) is 19.9 Å². The van der Waals surface area contributed by atoms with Crippen LogP contribution in [0.25, 0.3) is 0 Å². The van der Waals surface area contributed by atoms with E-state index in [9.17, 15) is 0 Å². The lowest BCUT2D eigenvalue weighted by atomic mass is 10.1. The molecule has 3 heteroatoms. The van der Waals surface area contributed by atoms with Gasteiger partial charge in [-0.15, -0.1) is 0 Å². The van der Waals surface area contributed by atoms with Crippen molar-refractivity contribution in [2.24, 2.45) is 0 Å². The van der Waals surface area contributed by atoms with Crippen molar-refractivity contribution in [3.05, 3.63) is 11.6 Å². The van der Waals surface area contributed by atoms with Crippen molar-refractivity contribution in [3.8, 4) is 0 Å². The highest BCUT2D eigenvalue weighted by molar-refractivity contribution is 4.94. The highest BCUT2D eigenvalue weighted by atomic mass is 16.4. The van der Waals surface area contributed by atoms with Gasteiger partial charge in [0.05, 0.1) is 12.7 Å². The quantitative estimate of drug-likeness (QED) is 0.509. The minimum atomic E-state index is -1.02. The van der Waals surface area contributed by atoms with E-state index in [0.717, 1.165) is 5.57 Å². The SMILES string of the molecule is CC(C)=CCC(O)C(O)CO. The molecule has 0 radical (unpaired) electrons. The molecule has 0 aliphatic heterocycles. The molecule has 0 saturated heterocycles. The summed E-state index contributed by atoms with van der Waals surface area (Å²) in [7, 11) is 0. The Morgan fingerprint density at radius 1 is 1.27 bits per heavy atom. The summed E-state index contributed by atoms with van der Waals surface area (Å²) in [5.41, 5.74) is 1.09. The molecule has 0 aliphatic rings. The molecule has 0 amide bonds. The molecule has 2 unspecified atom stereocenters. The number of hydrogen-bond acceptors (Lipinski definition) is 3. The van der Waals surface area contributed by atoms with Crippen LogP contribution in [-0.4, -0.2) is 34.1 Å². The third-order valence-electron chi connectivity index (χ3n) is 1.40. The molecule has 0 aromatic heterocycles. The fraction of sp³-hybridized carbons (Fsp3) is 0.750. The molecule has 2 atom stereocenters. The van der Waals surface area contributed by atoms with Crippen LogP contribution in [-0.2, 0) is 0 Å². The minimum absolute atomic E-state index is 0.391. The van der Waals surface area contributed by atoms with Crippen molar-refractivity contribution in [2.45, 2.75) is 32.5 Å². The molecule has 3 N–H and O–H groups in total. The van der Waals surface area contributed by atoms with Crippen LogP contribution in [0.2, 0.25) is 0 Å². The first kappa shape index (κ1) is 10.6. The van der Waals surface area contributed by atoms with Gasteiger partial charge in [0.2, 0.25) is 0 Å². The molecule has 0 saturated carbocycles. The van der Waals surface area contributed by atoms with Gasteiger partial charge in [-0.2, -0.15) is 0 Å². The van der Waals surface area contributed by atoms with Gasteiger partial charge in [0.25, 0.3) is 0 Å². The highest BCUT2D eigenvalue weighted by Gasteiger charge is 2.12. The number of hydrogen-bond donors (Lipinski definition) is 3. The van der Waals surface area contributed by atoms with E-state index in [1.54, 1.807) is 0 Å². The lowest BCUT2D eigenvalue weighted by Gasteiger charge is -2.13. The maximum Gasteiger partial charge on any atom is 0.103 e. The summed E-state index contributed by atoms with van der Waals surface area (Å²) in [4.78, 5) is 0. The summed E-state index contributed by atoms with van der Waals surface area (Å²) >= 11 is 0. The summed E-state index contributed by atoms with van der Waals surface area (Å²) in [5.74, 6) is 0. The molecular formula is C8H16O3. The van der Waals surface area contributed by atoms with Crippen LogP contribution in [0, 0.1) is 0 Å². The van der Waals surface area contributed by atoms with Crippen molar-refractivity contribution in [1.29, 1.82) is 0 Å². The zero-order valence-electron chi connectivity index (χ0n) is 6.99. The van der Waals surface area contributed by atoms with Crippen LogP contribution in [0.1, 0.15) is 20.3 Å². The largest absolute Gasteiger partial charge is 0.394 e. The zero-order chi connectivity index (χ0) is 8.85. The Kier molecular flexibility index (Phi) is 5.11. The molecule has 0 heterocycles. The van der Waals surface area contributed by atoms with Crippen LogP contribution in [0.5, 0.6) is 0 Å². The Bertz CT molecular complexity index is 127. The first-order valence-electron chi connectivity index (χ1n) is 3.68. The maximum absolute atomic E-state index is 9.11. The van der Waals surface area contributed by atoms with Gasteiger partial charge in [-0.3, -0.25) is 0 Å². The maximum atomic E-state index is 9.11. The smallest absolute Gasteiger partial charge is 0.103 e. The number of aliphatic hydroxyl groups excluding tert-OH is 3. The summed E-state index contributed by atoms with van der Waals surface area (Å²) in [5, 5.41) is 26.5. The molecule has 66 valence electrons. The molecule has 0 fully saturated rings. The van der Waals surface area contributed by atoms with Crippen molar-refractivity contribution in [1.82, 2.24) is 0 Å². The van der Waals surface area contributed by atoms with Gasteiger partial charge in [-0.05, 0) is 20.3 Å². The summed E-state index contributed by atoms with van der Waals surface area (Å²) in [6.07, 6.45) is 0.341. The molecule has 3 nitrogen and oxygen atoms in total. The topological polar surface area (TPSA) is 60.7 Å². The molecule has 11 heavy (non-hydrogen) atoms. The Morgan fingerprint density at radius 2 is 1.82 bits per heavy atom. The molecule has 0 spiro atoms. The Morgan fingerprint density at radius 3 is 2.18 bits per heavy atom. The fourth-order valence-corrected chi connectivity index (χ4v) is 0.635. The van der Waals surface area contributed by atoms with Crippen LogP contribution in [0.3, 0.4) is 0 Å². The third-order valence-corrected chi connectivity index (χ3v) is 1.40. The van der Waals surface area contributed by atoms with E-state index in [-0.39, 0.29) is 0 Å². The molecule has 0 aromatic rings. The first-order valence-corrected chi connectivity index (χ1v) is 3.68. The van der Waals surface area contributed by atoms with E-state index in [2.05, 4.69) is 0 Å². The number of rotatable bonds is 4. The summed E-state index contributed by atoms with van der Waals surface area (Å²) < 4.78 is 0. The van der Waals surface area contributed by atoms with E-state index in [4.69, 9.17) is 15.3 Å². The van der Waals surface area contributed by atoms with Gasteiger partial charge in [-0.1, -0.05) is 11.6 Å². The van der Waals surface area contributed by atoms with E-state index in [0.29, 0.717) is 6.42 Å². The van der Waals surface area contributed by atoms with Crippen molar-refractivity contribution in [2.75, 3.05) is 6.61 Å². The number of aliphatic hydroxyl groups is 3. The monoisotopic (exact) mass is 160 g/mol. The summed E-state index contributed by atoms with van der Waals surface area (Å²) in [6, 6.07) is 0. The van der Waals surface area contributed by atoms with Gasteiger partial charge in [0.15, 0.2) is 0 Å². The van der Waals surface area contributed by atoms with Gasteiger partial charge in [-0.25, -0.2) is 0 Å². The van der Waals surface area contributed by atoms with E-state index >= 15 is 0 Å². The van der Waals surface area contributed by atoms with Gasteiger partial charge in [0.1, 0.15) is 6.10 Å². The molecule has 0 bridgehead atoms. The van der Waals surface area contributed by atoms with Crippen LogP contribution in [0.4, 0.5) is 0 Å². The predicted octanol–water partition coefficient (Wildman–Crippen LogP) is 0.0568. The third kappa shape index (κ3) is 4.95. The highest BCUT2D eigenvalue weighted by Crippen LogP contribution is 2.02. The zero-order valence-corrected chi connectivity index (χ0v) is 6.99. The average Bonchev–Trinajstić information content (AvgIpc) is 1.98. The van der Waals surface area contributed by atoms with Crippen LogP contribution < -0.4 is 0 Å². The van der Waals surface area contributed by atoms with E-state index in [1.165, 1.54) is 0 Å². The molecule has 0 rings (SSSR count). The normalized spacial score (nSPS) is 15.7. The van der Waals surface area contributed by atoms with Gasteiger partial charge >= 0.3 is 0 Å². The van der Waals surface area contributed by atoms with Gasteiger partial charge in [0, 0.05) is 0 Å². The Balaban J connectivity index is 3.68. The van der Waals surface area contributed by atoms with Crippen LogP contribution >= 0.6 is 0 Å². The van der Waals surface area contributed by atoms with Crippen molar-refractivity contribution < 1.29 is 15.3 Å². The Labute approximate surface area is 67.0 Å². The second-order valence-electron chi connectivity index (χ2n) is 2.83. The second-order valence-corrected chi connectivity index (χ2v) is 2.83. The van der Waals surface area contributed by atoms with Crippen LogP contribution in [0.15, 0.2) is 11.6 Å². The molecule has 0 aliphatic carbocycles. The van der Waals surface area contributed by atoms with E-state index < -0.39 is 18.8 Å². The average molecular weight is 160 g/mol. The van der Waals surface area contributed by atoms with Gasteiger partial charge < -0.3 is 15.3 Å². The first-order chi connectivity index (χ1) is 5.07. The minimum Gasteiger partial charge on any atom is -0.394 e. The summed E-state index contributed by atoms with van der Waals surface area (Å²) in [6.45, 7) is 3.44. The lowest BCUT2D eigenvalue weighted by molar-refractivity contribution is -0.0120.